The van der Waals surface area contributed by atoms with Gasteiger partial charge in [-0.2, -0.15) is 0 Å². The van der Waals surface area contributed by atoms with Crippen molar-refractivity contribution < 1.29 is 12.8 Å². The van der Waals surface area contributed by atoms with E-state index in [2.05, 4.69) is 11.6 Å². The monoisotopic (exact) mass is 286 g/mol. The van der Waals surface area contributed by atoms with Crippen molar-refractivity contribution in [2.45, 2.75) is 44.0 Å². The van der Waals surface area contributed by atoms with E-state index >= 15 is 0 Å². The Balaban J connectivity index is 2.19. The van der Waals surface area contributed by atoms with Crippen molar-refractivity contribution in [2.75, 3.05) is 5.73 Å². The standard InChI is InChI=1S/C13H19FN2O2S/c1-3-4-9-6-12(9)16-19(17,18)13-7-11(15)8(2)5-10(13)14/h5,7,9,12,16H,3-4,6,15H2,1-2H3. The first-order valence-electron chi connectivity index (χ1n) is 6.43. The van der Waals surface area contributed by atoms with E-state index < -0.39 is 15.8 Å². The number of benzene rings is 1. The average Bonchev–Trinajstić information content (AvgIpc) is 3.01. The van der Waals surface area contributed by atoms with Crippen LogP contribution in [-0.2, 0) is 10.0 Å². The molecule has 2 unspecified atom stereocenters. The van der Waals surface area contributed by atoms with Crippen LogP contribution in [-0.4, -0.2) is 14.5 Å². The van der Waals surface area contributed by atoms with Crippen molar-refractivity contribution >= 4 is 15.7 Å². The average molecular weight is 286 g/mol. The number of sulfonamides is 1. The number of halogens is 1. The fourth-order valence-electron chi connectivity index (χ4n) is 2.22. The highest BCUT2D eigenvalue weighted by Gasteiger charge is 2.39. The minimum absolute atomic E-state index is 0.0631. The lowest BCUT2D eigenvalue weighted by Crippen LogP contribution is -2.28. The van der Waals surface area contributed by atoms with Crippen molar-refractivity contribution in [3.05, 3.63) is 23.5 Å². The lowest BCUT2D eigenvalue weighted by molar-refractivity contribution is 0.551. The molecule has 1 saturated carbocycles. The van der Waals surface area contributed by atoms with Gasteiger partial charge in [-0.1, -0.05) is 13.3 Å². The molecule has 2 atom stereocenters. The molecule has 0 heterocycles. The number of aryl methyl sites for hydroxylation is 1. The zero-order valence-electron chi connectivity index (χ0n) is 11.1. The van der Waals surface area contributed by atoms with Crippen molar-refractivity contribution in [3.63, 3.8) is 0 Å². The summed E-state index contributed by atoms with van der Waals surface area (Å²) >= 11 is 0. The topological polar surface area (TPSA) is 72.2 Å². The highest BCUT2D eigenvalue weighted by molar-refractivity contribution is 7.89. The molecule has 3 N–H and O–H groups in total. The summed E-state index contributed by atoms with van der Waals surface area (Å²) in [5.41, 5.74) is 6.46. The molecule has 4 nitrogen and oxygen atoms in total. The van der Waals surface area contributed by atoms with Crippen molar-refractivity contribution in [3.8, 4) is 0 Å². The van der Waals surface area contributed by atoms with Crippen LogP contribution in [0.15, 0.2) is 17.0 Å². The molecule has 0 aromatic heterocycles. The molecule has 1 aliphatic carbocycles. The van der Waals surface area contributed by atoms with E-state index in [1.165, 1.54) is 6.07 Å². The third kappa shape index (κ3) is 3.06. The number of anilines is 1. The van der Waals surface area contributed by atoms with Gasteiger partial charge in [0.2, 0.25) is 10.0 Å². The van der Waals surface area contributed by atoms with Gasteiger partial charge in [-0.25, -0.2) is 17.5 Å². The van der Waals surface area contributed by atoms with Gasteiger partial charge < -0.3 is 5.73 Å². The molecule has 0 aliphatic heterocycles. The molecule has 0 bridgehead atoms. The van der Waals surface area contributed by atoms with E-state index in [4.69, 9.17) is 5.73 Å². The molecule has 0 spiro atoms. The molecule has 1 aromatic carbocycles. The molecule has 1 aliphatic rings. The van der Waals surface area contributed by atoms with E-state index in [-0.39, 0.29) is 16.6 Å². The van der Waals surface area contributed by atoms with Crippen LogP contribution in [0.4, 0.5) is 10.1 Å². The van der Waals surface area contributed by atoms with Crippen LogP contribution in [0.2, 0.25) is 0 Å². The van der Waals surface area contributed by atoms with Gasteiger partial charge in [0, 0.05) is 11.7 Å². The van der Waals surface area contributed by atoms with Crippen LogP contribution in [0.1, 0.15) is 31.7 Å². The van der Waals surface area contributed by atoms with Crippen LogP contribution >= 0.6 is 0 Å². The predicted octanol–water partition coefficient (Wildman–Crippen LogP) is 2.18. The Morgan fingerprint density at radius 2 is 2.16 bits per heavy atom. The molecular formula is C13H19FN2O2S. The number of hydrogen-bond donors (Lipinski definition) is 2. The number of nitrogen functional groups attached to an aromatic ring is 1. The molecular weight excluding hydrogens is 267 g/mol. The summed E-state index contributed by atoms with van der Waals surface area (Å²) in [6.07, 6.45) is 2.84. The number of nitrogens with two attached hydrogens (primary N) is 1. The first kappa shape index (κ1) is 14.3. The van der Waals surface area contributed by atoms with Gasteiger partial charge >= 0.3 is 0 Å². The Morgan fingerprint density at radius 3 is 2.79 bits per heavy atom. The van der Waals surface area contributed by atoms with Crippen LogP contribution in [0, 0.1) is 18.7 Å². The van der Waals surface area contributed by atoms with E-state index in [0.717, 1.165) is 25.3 Å². The second-order valence-electron chi connectivity index (χ2n) is 5.15. The predicted molar refractivity (Wildman–Crippen MR) is 72.7 cm³/mol. The van der Waals surface area contributed by atoms with E-state index in [0.29, 0.717) is 11.5 Å². The Morgan fingerprint density at radius 1 is 1.47 bits per heavy atom. The molecule has 106 valence electrons. The maximum atomic E-state index is 13.8. The fraction of sp³-hybridized carbons (Fsp3) is 0.538. The summed E-state index contributed by atoms with van der Waals surface area (Å²) in [6.45, 7) is 3.70. The maximum absolute atomic E-state index is 13.8. The molecule has 1 aromatic rings. The lowest BCUT2D eigenvalue weighted by Gasteiger charge is -2.09. The zero-order valence-corrected chi connectivity index (χ0v) is 11.9. The molecule has 0 saturated heterocycles. The van der Waals surface area contributed by atoms with Crippen LogP contribution in [0.25, 0.3) is 0 Å². The summed E-state index contributed by atoms with van der Waals surface area (Å²) in [7, 11) is -3.82. The minimum atomic E-state index is -3.82. The van der Waals surface area contributed by atoms with Crippen LogP contribution < -0.4 is 10.5 Å². The Kier molecular flexibility index (Phi) is 3.82. The largest absolute Gasteiger partial charge is 0.398 e. The summed E-state index contributed by atoms with van der Waals surface area (Å²) in [5.74, 6) is -0.377. The zero-order chi connectivity index (χ0) is 14.2. The van der Waals surface area contributed by atoms with E-state index in [1.54, 1.807) is 6.92 Å². The Bertz CT molecular complexity index is 587. The smallest absolute Gasteiger partial charge is 0.243 e. The first-order chi connectivity index (χ1) is 8.85. The highest BCUT2D eigenvalue weighted by atomic mass is 32.2. The normalized spacial score (nSPS) is 22.5. The highest BCUT2D eigenvalue weighted by Crippen LogP contribution is 2.36. The lowest BCUT2D eigenvalue weighted by atomic mass is 10.2. The van der Waals surface area contributed by atoms with Gasteiger partial charge in [-0.15, -0.1) is 0 Å². The summed E-state index contributed by atoms with van der Waals surface area (Å²) < 4.78 is 40.5. The maximum Gasteiger partial charge on any atom is 0.243 e. The molecule has 0 radical (unpaired) electrons. The quantitative estimate of drug-likeness (QED) is 0.815. The third-order valence-corrected chi connectivity index (χ3v) is 5.00. The third-order valence-electron chi connectivity index (χ3n) is 3.50. The van der Waals surface area contributed by atoms with Gasteiger partial charge in [0.25, 0.3) is 0 Å². The van der Waals surface area contributed by atoms with Crippen LogP contribution in [0.3, 0.4) is 0 Å². The molecule has 2 rings (SSSR count). The number of nitrogens with one attached hydrogen (secondary N) is 1. The molecule has 19 heavy (non-hydrogen) atoms. The Labute approximate surface area is 113 Å². The fourth-order valence-corrected chi connectivity index (χ4v) is 3.63. The summed E-state index contributed by atoms with van der Waals surface area (Å²) in [4.78, 5) is -0.363. The summed E-state index contributed by atoms with van der Waals surface area (Å²) in [6, 6.07) is 2.27. The van der Waals surface area contributed by atoms with Gasteiger partial charge in [0.15, 0.2) is 0 Å². The second kappa shape index (κ2) is 5.09. The molecule has 6 heteroatoms. The minimum Gasteiger partial charge on any atom is -0.398 e. The molecule has 1 fully saturated rings. The van der Waals surface area contributed by atoms with Gasteiger partial charge in [0.05, 0.1) is 0 Å². The Hall–Kier alpha value is -1.14. The first-order valence-corrected chi connectivity index (χ1v) is 7.91. The second-order valence-corrected chi connectivity index (χ2v) is 6.83. The van der Waals surface area contributed by atoms with Crippen molar-refractivity contribution in [1.82, 2.24) is 4.72 Å². The van der Waals surface area contributed by atoms with Gasteiger partial charge in [-0.05, 0) is 43.4 Å². The van der Waals surface area contributed by atoms with E-state index in [9.17, 15) is 12.8 Å². The van der Waals surface area contributed by atoms with Gasteiger partial charge in [-0.3, -0.25) is 0 Å². The van der Waals surface area contributed by atoms with E-state index in [1.807, 2.05) is 0 Å². The SMILES string of the molecule is CCCC1CC1NS(=O)(=O)c1cc(N)c(C)cc1F. The van der Waals surface area contributed by atoms with Crippen LogP contribution in [0.5, 0.6) is 0 Å². The summed E-state index contributed by atoms with van der Waals surface area (Å²) in [5, 5.41) is 0. The van der Waals surface area contributed by atoms with Crippen molar-refractivity contribution in [2.24, 2.45) is 5.92 Å². The number of hydrogen-bond acceptors (Lipinski definition) is 3. The molecule has 0 amide bonds. The van der Waals surface area contributed by atoms with Crippen molar-refractivity contribution in [1.29, 1.82) is 0 Å². The number of rotatable bonds is 5. The van der Waals surface area contributed by atoms with Gasteiger partial charge in [0.1, 0.15) is 10.7 Å².